The van der Waals surface area contributed by atoms with Gasteiger partial charge in [0, 0.05) is 0 Å². The quantitative estimate of drug-likeness (QED) is 0.630. The van der Waals surface area contributed by atoms with Crippen molar-refractivity contribution in [1.29, 1.82) is 0 Å². The molecule has 5 heteroatoms. The van der Waals surface area contributed by atoms with Crippen molar-refractivity contribution >= 4 is 34.8 Å². The number of amides is 1. The predicted octanol–water partition coefficient (Wildman–Crippen LogP) is 2.61. The van der Waals surface area contributed by atoms with E-state index in [0.717, 1.165) is 5.56 Å². The molecule has 0 aliphatic rings. The predicted molar refractivity (Wildman–Crippen MR) is 57.9 cm³/mol. The average molecular weight is 233 g/mol. The van der Waals surface area contributed by atoms with Gasteiger partial charge in [-0.15, -0.1) is 11.6 Å². The summed E-state index contributed by atoms with van der Waals surface area (Å²) in [6.45, 7) is 3.42. The summed E-state index contributed by atoms with van der Waals surface area (Å²) in [6.07, 6.45) is 1.49. The van der Waals surface area contributed by atoms with E-state index in [0.29, 0.717) is 10.8 Å². The van der Waals surface area contributed by atoms with E-state index in [9.17, 15) is 4.79 Å². The minimum absolute atomic E-state index is 0.254. The van der Waals surface area contributed by atoms with Crippen molar-refractivity contribution in [1.82, 2.24) is 4.98 Å². The molecular weight excluding hydrogens is 223 g/mol. The van der Waals surface area contributed by atoms with Crippen LogP contribution in [-0.2, 0) is 4.79 Å². The van der Waals surface area contributed by atoms with E-state index >= 15 is 0 Å². The number of nitrogens with one attached hydrogen (secondary N) is 1. The first kappa shape index (κ1) is 11.3. The fourth-order valence-electron chi connectivity index (χ4n) is 0.868. The summed E-state index contributed by atoms with van der Waals surface area (Å²) in [5.74, 6) is -0.254. The summed E-state index contributed by atoms with van der Waals surface area (Å²) < 4.78 is 0. The monoisotopic (exact) mass is 232 g/mol. The molecule has 0 radical (unpaired) electrons. The van der Waals surface area contributed by atoms with Gasteiger partial charge in [0.15, 0.2) is 0 Å². The Hall–Kier alpha value is -0.800. The molecule has 0 bridgehead atoms. The summed E-state index contributed by atoms with van der Waals surface area (Å²) in [6, 6.07) is 1.74. The molecule has 1 amide bonds. The molecule has 0 aliphatic heterocycles. The standard InChI is InChI=1S/C9H10Cl2N2O/c1-5-3-7(4-12-8(5)11)13-9(14)6(2)10/h3-4,6H,1-2H3,(H,13,14). The first-order valence-corrected chi connectivity index (χ1v) is 4.89. The number of aryl methyl sites for hydroxylation is 1. The van der Waals surface area contributed by atoms with Gasteiger partial charge in [0.05, 0.1) is 11.9 Å². The van der Waals surface area contributed by atoms with Crippen LogP contribution in [0.4, 0.5) is 5.69 Å². The molecule has 1 aromatic heterocycles. The molecule has 0 saturated carbocycles. The molecule has 1 N–H and O–H groups in total. The van der Waals surface area contributed by atoms with Crippen molar-refractivity contribution in [2.75, 3.05) is 5.32 Å². The lowest BCUT2D eigenvalue weighted by Gasteiger charge is -2.06. The van der Waals surface area contributed by atoms with Gasteiger partial charge in [-0.1, -0.05) is 11.6 Å². The second-order valence-electron chi connectivity index (χ2n) is 2.94. The van der Waals surface area contributed by atoms with E-state index in [-0.39, 0.29) is 5.91 Å². The van der Waals surface area contributed by atoms with Crippen LogP contribution >= 0.6 is 23.2 Å². The number of pyridine rings is 1. The first-order chi connectivity index (χ1) is 6.50. The van der Waals surface area contributed by atoms with Crippen LogP contribution in [-0.4, -0.2) is 16.3 Å². The first-order valence-electron chi connectivity index (χ1n) is 4.08. The normalized spacial score (nSPS) is 12.3. The maximum atomic E-state index is 11.2. The van der Waals surface area contributed by atoms with Gasteiger partial charge in [-0.25, -0.2) is 4.98 Å². The Bertz CT molecular complexity index is 353. The molecule has 0 fully saturated rings. The summed E-state index contributed by atoms with van der Waals surface area (Å²) >= 11 is 11.3. The van der Waals surface area contributed by atoms with Crippen molar-refractivity contribution in [3.8, 4) is 0 Å². The molecule has 0 aromatic carbocycles. The van der Waals surface area contributed by atoms with Crippen LogP contribution in [0.2, 0.25) is 5.15 Å². The number of rotatable bonds is 2. The Morgan fingerprint density at radius 3 is 2.79 bits per heavy atom. The molecule has 1 unspecified atom stereocenters. The maximum absolute atomic E-state index is 11.2. The van der Waals surface area contributed by atoms with Crippen LogP contribution in [0.25, 0.3) is 0 Å². The number of carbonyl (C=O) groups excluding carboxylic acids is 1. The number of halogens is 2. The Balaban J connectivity index is 2.78. The highest BCUT2D eigenvalue weighted by Gasteiger charge is 2.09. The number of hydrogen-bond acceptors (Lipinski definition) is 2. The van der Waals surface area contributed by atoms with Crippen LogP contribution in [0.15, 0.2) is 12.3 Å². The SMILES string of the molecule is Cc1cc(NC(=O)C(C)Cl)cnc1Cl. The fraction of sp³-hybridized carbons (Fsp3) is 0.333. The molecule has 1 aromatic rings. The van der Waals surface area contributed by atoms with Gasteiger partial charge in [0.25, 0.3) is 0 Å². The minimum atomic E-state index is -0.564. The topological polar surface area (TPSA) is 42.0 Å². The lowest BCUT2D eigenvalue weighted by atomic mass is 10.3. The third-order valence-electron chi connectivity index (χ3n) is 1.64. The molecule has 1 atom stereocenters. The molecule has 1 heterocycles. The Labute approximate surface area is 92.4 Å². The van der Waals surface area contributed by atoms with Crippen molar-refractivity contribution < 1.29 is 4.79 Å². The highest BCUT2D eigenvalue weighted by atomic mass is 35.5. The molecule has 0 aliphatic carbocycles. The van der Waals surface area contributed by atoms with E-state index in [1.54, 1.807) is 13.0 Å². The van der Waals surface area contributed by atoms with Crippen molar-refractivity contribution in [2.24, 2.45) is 0 Å². The molecular formula is C9H10Cl2N2O. The summed E-state index contributed by atoms with van der Waals surface area (Å²) in [5.41, 5.74) is 1.41. The number of anilines is 1. The van der Waals surface area contributed by atoms with Crippen molar-refractivity contribution in [2.45, 2.75) is 19.2 Å². The van der Waals surface area contributed by atoms with Gasteiger partial charge in [0.2, 0.25) is 5.91 Å². The average Bonchev–Trinajstić information content (AvgIpc) is 2.11. The van der Waals surface area contributed by atoms with Crippen LogP contribution in [0.5, 0.6) is 0 Å². The Morgan fingerprint density at radius 1 is 1.64 bits per heavy atom. The van der Waals surface area contributed by atoms with Crippen LogP contribution in [0, 0.1) is 6.92 Å². The van der Waals surface area contributed by atoms with Gasteiger partial charge in [0.1, 0.15) is 10.5 Å². The zero-order valence-corrected chi connectivity index (χ0v) is 9.36. The molecule has 1 rings (SSSR count). The van der Waals surface area contributed by atoms with Gasteiger partial charge in [-0.3, -0.25) is 4.79 Å². The summed E-state index contributed by atoms with van der Waals surface area (Å²) in [5, 5.41) is 2.49. The highest BCUT2D eigenvalue weighted by Crippen LogP contribution is 2.16. The van der Waals surface area contributed by atoms with Crippen LogP contribution in [0.1, 0.15) is 12.5 Å². The smallest absolute Gasteiger partial charge is 0.242 e. The van der Waals surface area contributed by atoms with E-state index in [4.69, 9.17) is 23.2 Å². The van der Waals surface area contributed by atoms with Crippen molar-refractivity contribution in [3.05, 3.63) is 23.0 Å². The summed E-state index contributed by atoms with van der Waals surface area (Å²) in [7, 11) is 0. The zero-order chi connectivity index (χ0) is 10.7. The van der Waals surface area contributed by atoms with Gasteiger partial charge in [-0.05, 0) is 25.5 Å². The second kappa shape index (κ2) is 4.62. The van der Waals surface area contributed by atoms with E-state index in [2.05, 4.69) is 10.3 Å². The van der Waals surface area contributed by atoms with Gasteiger partial charge < -0.3 is 5.32 Å². The minimum Gasteiger partial charge on any atom is -0.323 e. The third kappa shape index (κ3) is 2.86. The van der Waals surface area contributed by atoms with Crippen LogP contribution in [0.3, 0.4) is 0 Å². The Kier molecular flexibility index (Phi) is 3.72. The zero-order valence-electron chi connectivity index (χ0n) is 7.84. The van der Waals surface area contributed by atoms with Crippen molar-refractivity contribution in [3.63, 3.8) is 0 Å². The van der Waals surface area contributed by atoms with E-state index in [1.807, 2.05) is 6.92 Å². The fourth-order valence-corrected chi connectivity index (χ4v) is 1.03. The highest BCUT2D eigenvalue weighted by molar-refractivity contribution is 6.32. The second-order valence-corrected chi connectivity index (χ2v) is 3.95. The lowest BCUT2D eigenvalue weighted by Crippen LogP contribution is -2.20. The number of nitrogens with zero attached hydrogens (tertiary/aromatic N) is 1. The molecule has 0 spiro atoms. The number of alkyl halides is 1. The molecule has 14 heavy (non-hydrogen) atoms. The largest absolute Gasteiger partial charge is 0.323 e. The van der Waals surface area contributed by atoms with E-state index < -0.39 is 5.38 Å². The maximum Gasteiger partial charge on any atom is 0.242 e. The Morgan fingerprint density at radius 2 is 2.29 bits per heavy atom. The molecule has 0 saturated heterocycles. The van der Waals surface area contributed by atoms with Crippen LogP contribution < -0.4 is 5.32 Å². The number of aromatic nitrogens is 1. The lowest BCUT2D eigenvalue weighted by molar-refractivity contribution is -0.115. The number of hydrogen-bond donors (Lipinski definition) is 1. The molecule has 3 nitrogen and oxygen atoms in total. The molecule has 76 valence electrons. The summed E-state index contributed by atoms with van der Waals surface area (Å²) in [4.78, 5) is 15.1. The number of carbonyl (C=O) groups is 1. The third-order valence-corrected chi connectivity index (χ3v) is 2.24. The van der Waals surface area contributed by atoms with Gasteiger partial charge >= 0.3 is 0 Å². The van der Waals surface area contributed by atoms with E-state index in [1.165, 1.54) is 6.20 Å². The van der Waals surface area contributed by atoms with Gasteiger partial charge in [-0.2, -0.15) is 0 Å².